The van der Waals surface area contributed by atoms with Crippen molar-refractivity contribution < 1.29 is 8.42 Å². The molecule has 114 valence electrons. The maximum absolute atomic E-state index is 12.1. The van der Waals surface area contributed by atoms with Crippen molar-refractivity contribution in [3.8, 4) is 0 Å². The predicted molar refractivity (Wildman–Crippen MR) is 81.4 cm³/mol. The number of aromatic nitrogens is 2. The van der Waals surface area contributed by atoms with Gasteiger partial charge in [0.25, 0.3) is 0 Å². The van der Waals surface area contributed by atoms with Crippen molar-refractivity contribution in [1.29, 1.82) is 0 Å². The molecule has 0 bridgehead atoms. The summed E-state index contributed by atoms with van der Waals surface area (Å²) in [6.07, 6.45) is 3.48. The van der Waals surface area contributed by atoms with Crippen LogP contribution in [0.5, 0.6) is 0 Å². The maximum atomic E-state index is 12.1. The molecule has 3 N–H and O–H groups in total. The number of aryl methyl sites for hydroxylation is 1. The van der Waals surface area contributed by atoms with Crippen LogP contribution in [-0.2, 0) is 23.0 Å². The third kappa shape index (κ3) is 4.13. The fraction of sp³-hybridized carbons (Fsp3) is 0.357. The van der Waals surface area contributed by atoms with E-state index in [0.29, 0.717) is 26.1 Å². The Labute approximate surface area is 125 Å². The highest BCUT2D eigenvalue weighted by Gasteiger charge is 2.15. The van der Waals surface area contributed by atoms with E-state index in [1.54, 1.807) is 0 Å². The van der Waals surface area contributed by atoms with E-state index in [-0.39, 0.29) is 4.90 Å². The highest BCUT2D eigenvalue weighted by Crippen LogP contribution is 2.09. The number of hydrogen-bond acceptors (Lipinski definition) is 4. The zero-order valence-corrected chi connectivity index (χ0v) is 12.8. The van der Waals surface area contributed by atoms with Gasteiger partial charge in [-0.3, -0.25) is 4.68 Å². The third-order valence-corrected chi connectivity index (χ3v) is 4.64. The lowest BCUT2D eigenvalue weighted by Gasteiger charge is -2.07. The van der Waals surface area contributed by atoms with Gasteiger partial charge in [0.1, 0.15) is 4.90 Å². The van der Waals surface area contributed by atoms with E-state index in [4.69, 9.17) is 5.73 Å². The van der Waals surface area contributed by atoms with Crippen molar-refractivity contribution in [1.82, 2.24) is 14.5 Å². The van der Waals surface area contributed by atoms with Crippen LogP contribution in [0.3, 0.4) is 0 Å². The molecule has 0 aliphatic heterocycles. The molecule has 0 fully saturated rings. The number of nitrogens with zero attached hydrogens (tertiary/aromatic N) is 2. The normalized spacial score (nSPS) is 11.7. The fourth-order valence-corrected chi connectivity index (χ4v) is 3.02. The summed E-state index contributed by atoms with van der Waals surface area (Å²) in [6, 6.07) is 7.94. The SMILES string of the molecule is Cc1ccccc1CCNS(=O)(=O)c1cnn(CCN)c1. The van der Waals surface area contributed by atoms with Crippen LogP contribution in [0.2, 0.25) is 0 Å². The molecular weight excluding hydrogens is 288 g/mol. The van der Waals surface area contributed by atoms with Crippen molar-refractivity contribution in [3.63, 3.8) is 0 Å². The van der Waals surface area contributed by atoms with Crippen LogP contribution >= 0.6 is 0 Å². The van der Waals surface area contributed by atoms with Crippen LogP contribution in [0.25, 0.3) is 0 Å². The van der Waals surface area contributed by atoms with Gasteiger partial charge in [-0.15, -0.1) is 0 Å². The Morgan fingerprint density at radius 2 is 2.10 bits per heavy atom. The minimum Gasteiger partial charge on any atom is -0.329 e. The standard InChI is InChI=1S/C14H20N4O2S/c1-12-4-2-3-5-13(12)6-8-17-21(19,20)14-10-16-18(11-14)9-7-15/h2-5,10-11,17H,6-9,15H2,1H3. The Hall–Kier alpha value is -1.70. The lowest BCUT2D eigenvalue weighted by atomic mass is 10.1. The van der Waals surface area contributed by atoms with Gasteiger partial charge in [0.15, 0.2) is 0 Å². The highest BCUT2D eigenvalue weighted by atomic mass is 32.2. The summed E-state index contributed by atoms with van der Waals surface area (Å²) in [5.41, 5.74) is 7.71. The van der Waals surface area contributed by atoms with Gasteiger partial charge >= 0.3 is 0 Å². The first-order valence-corrected chi connectivity index (χ1v) is 8.28. The van der Waals surface area contributed by atoms with E-state index < -0.39 is 10.0 Å². The topological polar surface area (TPSA) is 90.0 Å². The molecule has 0 aliphatic rings. The molecule has 2 rings (SSSR count). The molecule has 7 heteroatoms. The Morgan fingerprint density at radius 3 is 2.81 bits per heavy atom. The Bertz CT molecular complexity index is 695. The molecule has 0 saturated heterocycles. The van der Waals surface area contributed by atoms with Gasteiger partial charge in [-0.05, 0) is 24.5 Å². The van der Waals surface area contributed by atoms with Crippen molar-refractivity contribution in [2.45, 2.75) is 24.8 Å². The number of rotatable bonds is 7. The van der Waals surface area contributed by atoms with E-state index in [9.17, 15) is 8.42 Å². The molecule has 2 aromatic rings. The summed E-state index contributed by atoms with van der Waals surface area (Å²) in [6.45, 7) is 3.29. The smallest absolute Gasteiger partial charge is 0.243 e. The lowest BCUT2D eigenvalue weighted by Crippen LogP contribution is -2.26. The fourth-order valence-electron chi connectivity index (χ4n) is 2.03. The second-order valence-electron chi connectivity index (χ2n) is 4.80. The molecule has 0 saturated carbocycles. The average molecular weight is 308 g/mol. The molecular formula is C14H20N4O2S. The van der Waals surface area contributed by atoms with Gasteiger partial charge < -0.3 is 5.73 Å². The lowest BCUT2D eigenvalue weighted by molar-refractivity contribution is 0.580. The molecule has 1 heterocycles. The van der Waals surface area contributed by atoms with Crippen molar-refractivity contribution in [2.75, 3.05) is 13.1 Å². The van der Waals surface area contributed by atoms with Crippen LogP contribution in [0.15, 0.2) is 41.6 Å². The molecule has 0 radical (unpaired) electrons. The third-order valence-electron chi connectivity index (χ3n) is 3.23. The summed E-state index contributed by atoms with van der Waals surface area (Å²) in [7, 11) is -3.51. The monoisotopic (exact) mass is 308 g/mol. The summed E-state index contributed by atoms with van der Waals surface area (Å²) in [4.78, 5) is 0.167. The summed E-state index contributed by atoms with van der Waals surface area (Å²) in [5.74, 6) is 0. The molecule has 0 spiro atoms. The highest BCUT2D eigenvalue weighted by molar-refractivity contribution is 7.89. The number of sulfonamides is 1. The second-order valence-corrected chi connectivity index (χ2v) is 6.57. The van der Waals surface area contributed by atoms with Gasteiger partial charge in [-0.2, -0.15) is 5.10 Å². The van der Waals surface area contributed by atoms with E-state index >= 15 is 0 Å². The Balaban J connectivity index is 1.96. The number of nitrogens with one attached hydrogen (secondary N) is 1. The van der Waals surface area contributed by atoms with Crippen LogP contribution in [0, 0.1) is 6.92 Å². The quantitative estimate of drug-likeness (QED) is 0.786. The molecule has 1 aromatic heterocycles. The molecule has 0 amide bonds. The molecule has 6 nitrogen and oxygen atoms in total. The van der Waals surface area contributed by atoms with Crippen molar-refractivity contribution >= 4 is 10.0 Å². The van der Waals surface area contributed by atoms with E-state index in [1.165, 1.54) is 17.1 Å². The predicted octanol–water partition coefficient (Wildman–Crippen LogP) is 0.671. The maximum Gasteiger partial charge on any atom is 0.243 e. The van der Waals surface area contributed by atoms with E-state index in [2.05, 4.69) is 9.82 Å². The van der Waals surface area contributed by atoms with Crippen LogP contribution in [0.1, 0.15) is 11.1 Å². The zero-order chi connectivity index (χ0) is 15.3. The molecule has 0 atom stereocenters. The Kier molecular flexibility index (Phi) is 5.11. The van der Waals surface area contributed by atoms with E-state index in [1.807, 2.05) is 31.2 Å². The largest absolute Gasteiger partial charge is 0.329 e. The number of nitrogens with two attached hydrogens (primary N) is 1. The van der Waals surface area contributed by atoms with Gasteiger partial charge in [0, 0.05) is 19.3 Å². The first kappa shape index (κ1) is 15.7. The second kappa shape index (κ2) is 6.84. The average Bonchev–Trinajstić information content (AvgIpc) is 2.91. The minimum atomic E-state index is -3.51. The number of hydrogen-bond donors (Lipinski definition) is 2. The first-order chi connectivity index (χ1) is 10.0. The molecule has 0 aliphatic carbocycles. The summed E-state index contributed by atoms with van der Waals surface area (Å²) in [5, 5.41) is 3.97. The summed E-state index contributed by atoms with van der Waals surface area (Å²) < 4.78 is 28.4. The van der Waals surface area contributed by atoms with E-state index in [0.717, 1.165) is 11.1 Å². The Morgan fingerprint density at radius 1 is 1.33 bits per heavy atom. The van der Waals surface area contributed by atoms with Crippen LogP contribution in [-0.4, -0.2) is 31.3 Å². The first-order valence-electron chi connectivity index (χ1n) is 6.79. The van der Waals surface area contributed by atoms with Crippen molar-refractivity contribution in [2.24, 2.45) is 5.73 Å². The number of benzene rings is 1. The van der Waals surface area contributed by atoms with Gasteiger partial charge in [0.05, 0.1) is 12.7 Å². The summed E-state index contributed by atoms with van der Waals surface area (Å²) >= 11 is 0. The van der Waals surface area contributed by atoms with Gasteiger partial charge in [0.2, 0.25) is 10.0 Å². The van der Waals surface area contributed by atoms with Gasteiger partial charge in [-0.1, -0.05) is 24.3 Å². The van der Waals surface area contributed by atoms with Crippen LogP contribution < -0.4 is 10.5 Å². The zero-order valence-electron chi connectivity index (χ0n) is 12.0. The molecule has 21 heavy (non-hydrogen) atoms. The van der Waals surface area contributed by atoms with Crippen LogP contribution in [0.4, 0.5) is 0 Å². The molecule has 0 unspecified atom stereocenters. The minimum absolute atomic E-state index is 0.167. The van der Waals surface area contributed by atoms with Gasteiger partial charge in [-0.25, -0.2) is 13.1 Å². The van der Waals surface area contributed by atoms with Crippen molar-refractivity contribution in [3.05, 3.63) is 47.8 Å². The molecule has 1 aromatic carbocycles.